The average Bonchev–Trinajstić information content (AvgIpc) is 2.69. The summed E-state index contributed by atoms with van der Waals surface area (Å²) in [5.74, 6) is 0.740. The molecule has 0 spiro atoms. The summed E-state index contributed by atoms with van der Waals surface area (Å²) in [5.41, 5.74) is 0.806. The molecule has 0 amide bonds. The van der Waals surface area contributed by atoms with Crippen LogP contribution in [0.2, 0.25) is 0 Å². The molecule has 1 unspecified atom stereocenters. The second-order valence-corrected chi connectivity index (χ2v) is 9.55. The lowest BCUT2D eigenvalue weighted by molar-refractivity contribution is -0.384. The summed E-state index contributed by atoms with van der Waals surface area (Å²) in [7, 11) is -1.20. The van der Waals surface area contributed by atoms with Gasteiger partial charge in [-0.3, -0.25) is 10.1 Å². The molecule has 9 nitrogen and oxygen atoms in total. The first-order chi connectivity index (χ1) is 13.6. The number of hydrogen-bond acceptors (Lipinski definition) is 7. The van der Waals surface area contributed by atoms with E-state index in [2.05, 4.69) is 31.9 Å². The van der Waals surface area contributed by atoms with E-state index in [1.807, 2.05) is 0 Å². The quantitative estimate of drug-likeness (QED) is 0.447. The second kappa shape index (κ2) is 8.19. The SMILES string of the molecule is COc1c(Br)c2c(c(Br)c1OC)C(O)N(S(=O)(=O)c1ccc([N+](=O)[O-])cc1)CC2. The van der Waals surface area contributed by atoms with E-state index in [1.54, 1.807) is 0 Å². The third-order valence-corrected chi connectivity index (χ3v) is 8.10. The normalized spacial score (nSPS) is 16.9. The first-order valence-electron chi connectivity index (χ1n) is 8.21. The Bertz CT molecular complexity index is 1070. The fourth-order valence-electron chi connectivity index (χ4n) is 3.20. The molecule has 2 aromatic carbocycles. The lowest BCUT2D eigenvalue weighted by Gasteiger charge is -2.35. The second-order valence-electron chi connectivity index (χ2n) is 6.08. The number of halogens is 2. The van der Waals surface area contributed by atoms with Crippen LogP contribution in [0.3, 0.4) is 0 Å². The van der Waals surface area contributed by atoms with Gasteiger partial charge in [-0.25, -0.2) is 8.42 Å². The van der Waals surface area contributed by atoms with Gasteiger partial charge in [0.1, 0.15) is 6.23 Å². The van der Waals surface area contributed by atoms with Crippen molar-refractivity contribution in [2.24, 2.45) is 0 Å². The third kappa shape index (κ3) is 3.63. The summed E-state index contributed by atoms with van der Waals surface area (Å²) in [6.07, 6.45) is -1.19. The van der Waals surface area contributed by atoms with Gasteiger partial charge in [0.2, 0.25) is 10.0 Å². The van der Waals surface area contributed by atoms with Crippen molar-refractivity contribution >= 4 is 47.6 Å². The molecule has 2 aromatic rings. The first kappa shape index (κ1) is 22.0. The lowest BCUT2D eigenvalue weighted by atomic mass is 9.98. The summed E-state index contributed by atoms with van der Waals surface area (Å²) in [6.45, 7) is 0.00795. The number of non-ortho nitro benzene ring substituents is 1. The zero-order valence-corrected chi connectivity index (χ0v) is 19.2. The van der Waals surface area contributed by atoms with Crippen LogP contribution in [0.25, 0.3) is 0 Å². The van der Waals surface area contributed by atoms with Crippen molar-refractivity contribution in [3.8, 4) is 11.5 Å². The number of benzene rings is 2. The van der Waals surface area contributed by atoms with E-state index in [1.165, 1.54) is 14.2 Å². The maximum absolute atomic E-state index is 13.1. The summed E-state index contributed by atoms with van der Waals surface area (Å²) in [6, 6.07) is 4.51. The van der Waals surface area contributed by atoms with Crippen molar-refractivity contribution in [3.05, 3.63) is 54.5 Å². The Morgan fingerprint density at radius 2 is 1.69 bits per heavy atom. The topological polar surface area (TPSA) is 119 Å². The summed E-state index contributed by atoms with van der Waals surface area (Å²) >= 11 is 6.84. The van der Waals surface area contributed by atoms with Crippen LogP contribution in [-0.4, -0.2) is 43.5 Å². The van der Waals surface area contributed by atoms with Crippen LogP contribution in [0.1, 0.15) is 17.4 Å². The molecule has 0 saturated heterocycles. The molecule has 0 saturated carbocycles. The minimum atomic E-state index is -4.11. The van der Waals surface area contributed by atoms with Gasteiger partial charge in [0, 0.05) is 24.2 Å². The minimum absolute atomic E-state index is 0.00795. The largest absolute Gasteiger partial charge is 0.492 e. The molecule has 0 bridgehead atoms. The number of rotatable bonds is 5. The van der Waals surface area contributed by atoms with E-state index in [0.717, 1.165) is 28.6 Å². The number of nitro groups is 1. The van der Waals surface area contributed by atoms with Crippen molar-refractivity contribution < 1.29 is 27.9 Å². The smallest absolute Gasteiger partial charge is 0.269 e. The van der Waals surface area contributed by atoms with Crippen LogP contribution in [0.5, 0.6) is 11.5 Å². The predicted octanol–water partition coefficient (Wildman–Crippen LogP) is 3.37. The number of ether oxygens (including phenoxy) is 2. The van der Waals surface area contributed by atoms with Crippen LogP contribution >= 0.6 is 31.9 Å². The lowest BCUT2D eigenvalue weighted by Crippen LogP contribution is -2.40. The van der Waals surface area contributed by atoms with Crippen molar-refractivity contribution in [3.63, 3.8) is 0 Å². The van der Waals surface area contributed by atoms with Crippen molar-refractivity contribution in [2.75, 3.05) is 20.8 Å². The minimum Gasteiger partial charge on any atom is -0.492 e. The van der Waals surface area contributed by atoms with Gasteiger partial charge >= 0.3 is 0 Å². The number of methoxy groups -OCH3 is 2. The molecule has 1 aliphatic rings. The van der Waals surface area contributed by atoms with E-state index >= 15 is 0 Å². The average molecular weight is 552 g/mol. The molecule has 1 N–H and O–H groups in total. The maximum atomic E-state index is 13.1. The number of nitrogens with zero attached hydrogens (tertiary/aromatic N) is 2. The van der Waals surface area contributed by atoms with E-state index in [-0.39, 0.29) is 17.1 Å². The van der Waals surface area contributed by atoms with Crippen molar-refractivity contribution in [1.82, 2.24) is 4.31 Å². The molecule has 1 heterocycles. The van der Waals surface area contributed by atoms with Gasteiger partial charge < -0.3 is 14.6 Å². The molecule has 0 aromatic heterocycles. The van der Waals surface area contributed by atoms with Crippen LogP contribution in [0.15, 0.2) is 38.1 Å². The fraction of sp³-hybridized carbons (Fsp3) is 0.294. The number of fused-ring (bicyclic) bond motifs is 1. The van der Waals surface area contributed by atoms with Gasteiger partial charge in [-0.15, -0.1) is 0 Å². The Morgan fingerprint density at radius 1 is 1.14 bits per heavy atom. The van der Waals surface area contributed by atoms with E-state index in [0.29, 0.717) is 38.0 Å². The van der Waals surface area contributed by atoms with E-state index in [9.17, 15) is 23.6 Å². The van der Waals surface area contributed by atoms with Gasteiger partial charge in [-0.05, 0) is 56.0 Å². The number of nitro benzene ring substituents is 1. The van der Waals surface area contributed by atoms with Gasteiger partial charge in [0.25, 0.3) is 5.69 Å². The van der Waals surface area contributed by atoms with E-state index in [4.69, 9.17) is 9.47 Å². The molecule has 29 heavy (non-hydrogen) atoms. The molecule has 3 rings (SSSR count). The van der Waals surface area contributed by atoms with Crippen molar-refractivity contribution in [2.45, 2.75) is 17.5 Å². The molecule has 156 valence electrons. The highest BCUT2D eigenvalue weighted by Crippen LogP contribution is 2.50. The van der Waals surface area contributed by atoms with E-state index < -0.39 is 21.2 Å². The molecule has 12 heteroatoms. The molecule has 0 fully saturated rings. The Kier molecular flexibility index (Phi) is 6.20. The van der Waals surface area contributed by atoms with Gasteiger partial charge in [-0.2, -0.15) is 4.31 Å². The number of sulfonamides is 1. The van der Waals surface area contributed by atoms with Crippen LogP contribution < -0.4 is 9.47 Å². The highest BCUT2D eigenvalue weighted by molar-refractivity contribution is 9.11. The Hall–Kier alpha value is -1.73. The number of aliphatic hydroxyl groups excluding tert-OH is 1. The Labute approximate surface area is 183 Å². The number of hydrogen-bond donors (Lipinski definition) is 1. The molecular formula is C17H16Br2N2O7S. The molecular weight excluding hydrogens is 536 g/mol. The van der Waals surface area contributed by atoms with Gasteiger partial charge in [-0.1, -0.05) is 0 Å². The predicted molar refractivity (Wildman–Crippen MR) is 111 cm³/mol. The zero-order valence-electron chi connectivity index (χ0n) is 15.3. The van der Waals surface area contributed by atoms with Gasteiger partial charge in [0.15, 0.2) is 11.5 Å². The summed E-state index contributed by atoms with van der Waals surface area (Å²) in [4.78, 5) is 10.0. The molecule has 1 atom stereocenters. The summed E-state index contributed by atoms with van der Waals surface area (Å²) < 4.78 is 38.8. The third-order valence-electron chi connectivity index (χ3n) is 4.61. The highest BCUT2D eigenvalue weighted by atomic mass is 79.9. The molecule has 1 aliphatic heterocycles. The highest BCUT2D eigenvalue weighted by Gasteiger charge is 2.39. The zero-order chi connectivity index (χ0) is 21.5. The molecule has 0 aliphatic carbocycles. The Morgan fingerprint density at radius 3 is 2.21 bits per heavy atom. The van der Waals surface area contributed by atoms with Crippen molar-refractivity contribution in [1.29, 1.82) is 0 Å². The summed E-state index contributed by atoms with van der Waals surface area (Å²) in [5, 5.41) is 21.7. The van der Waals surface area contributed by atoms with Gasteiger partial charge in [0.05, 0.1) is 33.0 Å². The fourth-order valence-corrected chi connectivity index (χ4v) is 6.19. The Balaban J connectivity index is 2.08. The number of aliphatic hydroxyl groups is 1. The van der Waals surface area contributed by atoms with Crippen LogP contribution in [0.4, 0.5) is 5.69 Å². The monoisotopic (exact) mass is 550 g/mol. The van der Waals surface area contributed by atoms with Crippen LogP contribution in [-0.2, 0) is 16.4 Å². The standard InChI is InChI=1S/C17H16Br2N2O7S/c1-27-15-13(18)11-7-8-20(17(22)12(11)14(19)16(15)28-2)29(25,26)10-5-3-9(4-6-10)21(23)24/h3-6,17,22H,7-8H2,1-2H3. The van der Waals surface area contributed by atoms with Crippen LogP contribution in [0, 0.1) is 10.1 Å². The maximum Gasteiger partial charge on any atom is 0.269 e. The first-order valence-corrected chi connectivity index (χ1v) is 11.2. The molecule has 0 radical (unpaired) electrons.